The third-order valence-corrected chi connectivity index (χ3v) is 8.59. The number of amides is 1. The van der Waals surface area contributed by atoms with Gasteiger partial charge in [-0.05, 0) is 42.0 Å². The van der Waals surface area contributed by atoms with Gasteiger partial charge < -0.3 is 9.64 Å². The molecule has 0 radical (unpaired) electrons. The van der Waals surface area contributed by atoms with Crippen LogP contribution in [0.3, 0.4) is 0 Å². The molecular formula is C20H18Cl2N2O4S2. The number of rotatable bonds is 5. The van der Waals surface area contributed by atoms with E-state index in [-0.39, 0.29) is 29.4 Å². The van der Waals surface area contributed by atoms with Gasteiger partial charge in [-0.25, -0.2) is 8.42 Å². The number of carbonyl (C=O) groups excluding carboxylic acids is 1. The van der Waals surface area contributed by atoms with Crippen LogP contribution >= 0.6 is 35.0 Å². The number of halogens is 2. The van der Waals surface area contributed by atoms with Crippen molar-refractivity contribution in [3.63, 3.8) is 0 Å². The molecule has 0 aromatic heterocycles. The minimum atomic E-state index is -3.10. The number of carbonyl (C=O) groups is 1. The number of amidine groups is 1. The zero-order valence-electron chi connectivity index (χ0n) is 15.7. The SMILES string of the molecule is O=C(COc1ccc(Cl)cc1)N=C1SC2CS(=O)(=O)CC2N1Cc1ccc(Cl)cc1. The lowest BCUT2D eigenvalue weighted by molar-refractivity contribution is -0.119. The molecule has 0 bridgehead atoms. The first-order chi connectivity index (χ1) is 14.3. The summed E-state index contributed by atoms with van der Waals surface area (Å²) in [6.45, 7) is 0.235. The highest BCUT2D eigenvalue weighted by molar-refractivity contribution is 8.15. The minimum Gasteiger partial charge on any atom is -0.484 e. The molecule has 158 valence electrons. The van der Waals surface area contributed by atoms with Crippen LogP contribution < -0.4 is 4.74 Å². The van der Waals surface area contributed by atoms with Crippen LogP contribution in [-0.2, 0) is 21.2 Å². The van der Waals surface area contributed by atoms with Gasteiger partial charge in [0.05, 0.1) is 17.5 Å². The molecule has 2 aromatic carbocycles. The fourth-order valence-electron chi connectivity index (χ4n) is 3.42. The first kappa shape index (κ1) is 21.5. The number of fused-ring (bicyclic) bond motifs is 1. The molecular weight excluding hydrogens is 467 g/mol. The van der Waals surface area contributed by atoms with Crippen LogP contribution in [0.25, 0.3) is 0 Å². The van der Waals surface area contributed by atoms with Gasteiger partial charge in [0.25, 0.3) is 5.91 Å². The van der Waals surface area contributed by atoms with E-state index < -0.39 is 15.7 Å². The van der Waals surface area contributed by atoms with Gasteiger partial charge in [-0.2, -0.15) is 4.99 Å². The number of sulfone groups is 1. The Morgan fingerprint density at radius 1 is 1.07 bits per heavy atom. The van der Waals surface area contributed by atoms with Gasteiger partial charge in [0.2, 0.25) is 0 Å². The summed E-state index contributed by atoms with van der Waals surface area (Å²) in [7, 11) is -3.10. The van der Waals surface area contributed by atoms with Gasteiger partial charge >= 0.3 is 0 Å². The third kappa shape index (κ3) is 5.11. The molecule has 1 amide bonds. The number of nitrogens with zero attached hydrogens (tertiary/aromatic N) is 2. The Balaban J connectivity index is 1.50. The van der Waals surface area contributed by atoms with Crippen LogP contribution in [0.1, 0.15) is 5.56 Å². The molecule has 2 heterocycles. The summed E-state index contributed by atoms with van der Waals surface area (Å²) in [5, 5.41) is 1.60. The summed E-state index contributed by atoms with van der Waals surface area (Å²) in [4.78, 5) is 18.5. The Morgan fingerprint density at radius 3 is 2.37 bits per heavy atom. The fraction of sp³-hybridized carbons (Fsp3) is 0.300. The molecule has 0 saturated carbocycles. The zero-order valence-corrected chi connectivity index (χ0v) is 18.8. The number of hydrogen-bond acceptors (Lipinski definition) is 5. The van der Waals surface area contributed by atoms with Crippen molar-refractivity contribution in [2.24, 2.45) is 4.99 Å². The standard InChI is InChI=1S/C20H18Cl2N2O4S2/c21-14-3-1-13(2-4-14)9-24-17-11-30(26,27)12-18(17)29-20(24)23-19(25)10-28-16-7-5-15(22)6-8-16/h1-8,17-18H,9-12H2. The number of thioether (sulfide) groups is 1. The van der Waals surface area contributed by atoms with Crippen LogP contribution in [-0.4, -0.2) is 53.8 Å². The summed E-state index contributed by atoms with van der Waals surface area (Å²) in [5.41, 5.74) is 0.961. The van der Waals surface area contributed by atoms with Crippen molar-refractivity contribution in [2.45, 2.75) is 17.8 Å². The lowest BCUT2D eigenvalue weighted by Crippen LogP contribution is -2.37. The Labute approximate surface area is 189 Å². The van der Waals surface area contributed by atoms with E-state index in [0.29, 0.717) is 27.5 Å². The minimum absolute atomic E-state index is 0.0622. The van der Waals surface area contributed by atoms with Gasteiger partial charge in [0.15, 0.2) is 21.6 Å². The van der Waals surface area contributed by atoms with Crippen LogP contribution in [0.4, 0.5) is 0 Å². The molecule has 2 saturated heterocycles. The van der Waals surface area contributed by atoms with E-state index in [9.17, 15) is 13.2 Å². The van der Waals surface area contributed by atoms with Crippen LogP contribution in [0.15, 0.2) is 53.5 Å². The fourth-order valence-corrected chi connectivity index (χ4v) is 7.64. The van der Waals surface area contributed by atoms with Gasteiger partial charge in [-0.1, -0.05) is 47.1 Å². The van der Waals surface area contributed by atoms with Crippen molar-refractivity contribution in [3.05, 3.63) is 64.1 Å². The highest BCUT2D eigenvalue weighted by Crippen LogP contribution is 2.39. The summed E-state index contributed by atoms with van der Waals surface area (Å²) in [5.74, 6) is 0.241. The summed E-state index contributed by atoms with van der Waals surface area (Å²) >= 11 is 13.1. The van der Waals surface area contributed by atoms with Crippen molar-refractivity contribution >= 4 is 55.9 Å². The molecule has 2 aliphatic heterocycles. The average molecular weight is 485 g/mol. The maximum absolute atomic E-state index is 12.4. The van der Waals surface area contributed by atoms with Crippen LogP contribution in [0.2, 0.25) is 10.0 Å². The Kier molecular flexibility index (Phi) is 6.29. The summed E-state index contributed by atoms with van der Waals surface area (Å²) in [6, 6.07) is 13.8. The van der Waals surface area contributed by atoms with Crippen LogP contribution in [0, 0.1) is 0 Å². The molecule has 10 heteroatoms. The summed E-state index contributed by atoms with van der Waals surface area (Å²) < 4.78 is 29.7. The molecule has 30 heavy (non-hydrogen) atoms. The van der Waals surface area contributed by atoms with Crippen molar-refractivity contribution < 1.29 is 17.9 Å². The predicted octanol–water partition coefficient (Wildman–Crippen LogP) is 3.67. The Morgan fingerprint density at radius 2 is 1.70 bits per heavy atom. The average Bonchev–Trinajstić information content (AvgIpc) is 3.15. The van der Waals surface area contributed by atoms with Crippen molar-refractivity contribution in [2.75, 3.05) is 18.1 Å². The smallest absolute Gasteiger partial charge is 0.285 e. The van der Waals surface area contributed by atoms with Gasteiger partial charge in [0, 0.05) is 21.8 Å². The van der Waals surface area contributed by atoms with E-state index in [2.05, 4.69) is 4.99 Å². The topological polar surface area (TPSA) is 76.0 Å². The third-order valence-electron chi connectivity index (χ3n) is 4.84. The first-order valence-corrected chi connectivity index (χ1v) is 12.6. The van der Waals surface area contributed by atoms with E-state index in [0.717, 1.165) is 5.56 Å². The second kappa shape index (κ2) is 8.78. The van der Waals surface area contributed by atoms with Crippen LogP contribution in [0.5, 0.6) is 5.75 Å². The van der Waals surface area contributed by atoms with Crippen molar-refractivity contribution in [1.29, 1.82) is 0 Å². The monoisotopic (exact) mass is 484 g/mol. The van der Waals surface area contributed by atoms with E-state index in [1.807, 2.05) is 17.0 Å². The molecule has 2 atom stereocenters. The quantitative estimate of drug-likeness (QED) is 0.644. The zero-order chi connectivity index (χ0) is 21.3. The Hall–Kier alpha value is -1.74. The maximum atomic E-state index is 12.4. The number of aliphatic imine (C=N–C) groups is 1. The van der Waals surface area contributed by atoms with E-state index in [1.54, 1.807) is 36.4 Å². The van der Waals surface area contributed by atoms with Gasteiger partial charge in [0.1, 0.15) is 5.75 Å². The highest BCUT2D eigenvalue weighted by atomic mass is 35.5. The molecule has 2 aromatic rings. The van der Waals surface area contributed by atoms with Crippen molar-refractivity contribution in [3.8, 4) is 5.75 Å². The first-order valence-electron chi connectivity index (χ1n) is 9.17. The molecule has 0 spiro atoms. The van der Waals surface area contributed by atoms with Crippen molar-refractivity contribution in [1.82, 2.24) is 4.90 Å². The second-order valence-electron chi connectivity index (χ2n) is 7.09. The normalized spacial score (nSPS) is 23.5. The lowest BCUT2D eigenvalue weighted by atomic mass is 10.1. The highest BCUT2D eigenvalue weighted by Gasteiger charge is 2.48. The number of benzene rings is 2. The second-order valence-corrected chi connectivity index (χ2v) is 11.3. The Bertz CT molecular complexity index is 1070. The predicted molar refractivity (Wildman–Crippen MR) is 120 cm³/mol. The number of ether oxygens (including phenoxy) is 1. The molecule has 6 nitrogen and oxygen atoms in total. The molecule has 4 rings (SSSR count). The van der Waals surface area contributed by atoms with Gasteiger partial charge in [-0.3, -0.25) is 4.79 Å². The van der Waals surface area contributed by atoms with E-state index in [1.165, 1.54) is 11.8 Å². The lowest BCUT2D eigenvalue weighted by Gasteiger charge is -2.24. The largest absolute Gasteiger partial charge is 0.484 e. The van der Waals surface area contributed by atoms with E-state index >= 15 is 0 Å². The molecule has 2 fully saturated rings. The number of hydrogen-bond donors (Lipinski definition) is 0. The molecule has 0 aliphatic carbocycles. The maximum Gasteiger partial charge on any atom is 0.285 e. The molecule has 2 unspecified atom stereocenters. The summed E-state index contributed by atoms with van der Waals surface area (Å²) in [6.07, 6.45) is 0. The molecule has 2 aliphatic rings. The van der Waals surface area contributed by atoms with E-state index in [4.69, 9.17) is 27.9 Å². The molecule has 0 N–H and O–H groups in total. The van der Waals surface area contributed by atoms with Gasteiger partial charge in [-0.15, -0.1) is 0 Å².